The fourth-order valence-corrected chi connectivity index (χ4v) is 0.854. The first-order valence-electron chi connectivity index (χ1n) is 5.01. The minimum Gasteiger partial charge on any atom is -0.395 e. The third kappa shape index (κ3) is 24.5. The molecule has 0 spiro atoms. The highest BCUT2D eigenvalue weighted by molar-refractivity contribution is 7.75. The van der Waals surface area contributed by atoms with Crippen LogP contribution in [-0.2, 0) is 8.98 Å². The molecule has 0 rings (SSSR count). The molecule has 80 valence electrons. The molecule has 0 radical (unpaired) electrons. The molecule has 0 unspecified atom stereocenters. The maximum Gasteiger partial charge on any atom is 0.314 e. The van der Waals surface area contributed by atoms with Crippen LogP contribution in [0.4, 0.5) is 0 Å². The van der Waals surface area contributed by atoms with Gasteiger partial charge >= 0.3 is 5.97 Å². The van der Waals surface area contributed by atoms with E-state index >= 15 is 0 Å². The molecule has 0 saturated carbocycles. The molecular weight excluding hydrogens is 184 g/mol. The quantitative estimate of drug-likeness (QED) is 0.421. The molecule has 0 bridgehead atoms. The second kappa shape index (κ2) is 14.3. The highest BCUT2D eigenvalue weighted by atomic mass is 32.1. The molecule has 0 atom stereocenters. The van der Waals surface area contributed by atoms with Crippen molar-refractivity contribution >= 4 is 18.9 Å². The predicted octanol–water partition coefficient (Wildman–Crippen LogP) is 3.76. The summed E-state index contributed by atoms with van der Waals surface area (Å²) in [6.45, 7) is 5.80. The van der Waals surface area contributed by atoms with Crippen LogP contribution in [0.3, 0.4) is 0 Å². The zero-order valence-electron chi connectivity index (χ0n) is 9.01. The van der Waals surface area contributed by atoms with Gasteiger partial charge in [0, 0.05) is 19.8 Å². The van der Waals surface area contributed by atoms with Crippen LogP contribution in [0.2, 0.25) is 0 Å². The Labute approximate surface area is 87.7 Å². The lowest BCUT2D eigenvalue weighted by molar-refractivity contribution is -0.130. The number of carbonyl (C=O) groups is 1. The molecule has 13 heavy (non-hydrogen) atoms. The molecule has 2 nitrogen and oxygen atoms in total. The lowest BCUT2D eigenvalue weighted by Gasteiger charge is -1.93. The van der Waals surface area contributed by atoms with Gasteiger partial charge in [-0.3, -0.25) is 4.79 Å². The molecule has 0 amide bonds. The third-order valence-electron chi connectivity index (χ3n) is 1.59. The van der Waals surface area contributed by atoms with Crippen LogP contribution in [0.25, 0.3) is 0 Å². The van der Waals surface area contributed by atoms with Gasteiger partial charge in [-0.2, -0.15) is 0 Å². The summed E-state index contributed by atoms with van der Waals surface area (Å²) in [7, 11) is 0. The Morgan fingerprint density at radius 3 is 1.54 bits per heavy atom. The molecule has 3 heteroatoms. The number of hydrogen-bond acceptors (Lipinski definition) is 3. The Hall–Kier alpha value is -0.180. The van der Waals surface area contributed by atoms with E-state index in [0.29, 0.717) is 0 Å². The summed E-state index contributed by atoms with van der Waals surface area (Å²) < 4.78 is 3.81. The lowest BCUT2D eigenvalue weighted by Crippen LogP contribution is -1.82. The summed E-state index contributed by atoms with van der Waals surface area (Å²) in [5, 5.41) is 0. The summed E-state index contributed by atoms with van der Waals surface area (Å²) >= 11 is 3.17. The van der Waals surface area contributed by atoms with Crippen LogP contribution < -0.4 is 0 Å². The Balaban J connectivity index is 0. The first-order chi connectivity index (χ1) is 6.18. The summed E-state index contributed by atoms with van der Waals surface area (Å²) in [6, 6.07) is 0. The van der Waals surface area contributed by atoms with E-state index in [-0.39, 0.29) is 5.97 Å². The van der Waals surface area contributed by atoms with E-state index in [1.807, 2.05) is 0 Å². The highest BCUT2D eigenvalue weighted by Gasteiger charge is 1.83. The fourth-order valence-electron chi connectivity index (χ4n) is 0.854. The van der Waals surface area contributed by atoms with E-state index in [4.69, 9.17) is 0 Å². The maximum absolute atomic E-state index is 9.51. The van der Waals surface area contributed by atoms with Gasteiger partial charge in [0.15, 0.2) is 0 Å². The Morgan fingerprint density at radius 1 is 1.08 bits per heavy atom. The molecule has 0 fully saturated rings. The number of hydrogen-bond donors (Lipinski definition) is 1. The van der Waals surface area contributed by atoms with Crippen molar-refractivity contribution in [2.24, 2.45) is 0 Å². The van der Waals surface area contributed by atoms with Gasteiger partial charge in [-0.15, -0.1) is 0 Å². The van der Waals surface area contributed by atoms with Gasteiger partial charge in [-0.25, -0.2) is 0 Å². The third-order valence-corrected chi connectivity index (χ3v) is 1.84. The van der Waals surface area contributed by atoms with Crippen molar-refractivity contribution in [2.45, 2.75) is 59.3 Å². The van der Waals surface area contributed by atoms with Gasteiger partial charge in [-0.1, -0.05) is 52.4 Å². The summed E-state index contributed by atoms with van der Waals surface area (Å²) in [4.78, 5) is 9.51. The van der Waals surface area contributed by atoms with Crippen LogP contribution in [0.1, 0.15) is 59.3 Å². The molecule has 0 aromatic heterocycles. The number of unbranched alkanes of at least 4 members (excludes halogenated alkanes) is 5. The molecular formula is C10H22O2S. The molecule has 0 aliphatic carbocycles. The minimum absolute atomic E-state index is 0.381. The average molecular weight is 206 g/mol. The van der Waals surface area contributed by atoms with Gasteiger partial charge in [0.2, 0.25) is 0 Å². The largest absolute Gasteiger partial charge is 0.395 e. The Morgan fingerprint density at radius 2 is 1.38 bits per heavy atom. The fraction of sp³-hybridized carbons (Fsp3) is 0.900. The van der Waals surface area contributed by atoms with Crippen molar-refractivity contribution in [2.75, 3.05) is 0 Å². The number of thiol groups is 1. The van der Waals surface area contributed by atoms with Gasteiger partial charge in [0.1, 0.15) is 0 Å². The molecule has 0 aliphatic rings. The molecule has 0 N–H and O–H groups in total. The van der Waals surface area contributed by atoms with Crippen LogP contribution in [0.15, 0.2) is 0 Å². The van der Waals surface area contributed by atoms with E-state index in [1.54, 1.807) is 0 Å². The smallest absolute Gasteiger partial charge is 0.314 e. The van der Waals surface area contributed by atoms with Crippen molar-refractivity contribution in [1.29, 1.82) is 0 Å². The van der Waals surface area contributed by atoms with Crippen molar-refractivity contribution < 1.29 is 8.98 Å². The van der Waals surface area contributed by atoms with Crippen LogP contribution in [0.5, 0.6) is 0 Å². The van der Waals surface area contributed by atoms with E-state index in [2.05, 4.69) is 30.9 Å². The van der Waals surface area contributed by atoms with E-state index < -0.39 is 0 Å². The molecule has 0 saturated heterocycles. The second-order valence-electron chi connectivity index (χ2n) is 3.00. The maximum atomic E-state index is 9.51. The summed E-state index contributed by atoms with van der Waals surface area (Å²) in [5.74, 6) is -0.381. The number of carbonyl (C=O) groups excluding carboxylic acids is 1. The van der Waals surface area contributed by atoms with E-state index in [9.17, 15) is 4.79 Å². The summed E-state index contributed by atoms with van der Waals surface area (Å²) in [6.07, 6.45) is 8.49. The predicted molar refractivity (Wildman–Crippen MR) is 59.8 cm³/mol. The molecule has 0 aromatic rings. The highest BCUT2D eigenvalue weighted by Crippen LogP contribution is 2.03. The Bertz CT molecular complexity index is 99.1. The lowest BCUT2D eigenvalue weighted by atomic mass is 10.1. The van der Waals surface area contributed by atoms with Gasteiger partial charge in [0.05, 0.1) is 0 Å². The summed E-state index contributed by atoms with van der Waals surface area (Å²) in [5.41, 5.74) is 0. The van der Waals surface area contributed by atoms with Crippen LogP contribution in [-0.4, -0.2) is 5.97 Å². The number of rotatable bonds is 5. The van der Waals surface area contributed by atoms with Crippen molar-refractivity contribution in [3.8, 4) is 0 Å². The van der Waals surface area contributed by atoms with E-state index in [0.717, 1.165) is 0 Å². The molecule has 0 aromatic carbocycles. The van der Waals surface area contributed by atoms with Crippen molar-refractivity contribution in [3.63, 3.8) is 0 Å². The van der Waals surface area contributed by atoms with Crippen LogP contribution in [0, 0.1) is 0 Å². The molecule has 0 heterocycles. The SMILES string of the molecule is CC(=O)OS.CCCCCCCC. The van der Waals surface area contributed by atoms with E-state index in [1.165, 1.54) is 45.4 Å². The van der Waals surface area contributed by atoms with Crippen molar-refractivity contribution in [3.05, 3.63) is 0 Å². The topological polar surface area (TPSA) is 26.3 Å². The first kappa shape index (κ1) is 15.3. The normalized spacial score (nSPS) is 8.62. The van der Waals surface area contributed by atoms with Gasteiger partial charge in [0.25, 0.3) is 0 Å². The molecule has 0 aliphatic heterocycles. The van der Waals surface area contributed by atoms with Gasteiger partial charge in [-0.05, 0) is 0 Å². The zero-order chi connectivity index (χ0) is 10.5. The minimum atomic E-state index is -0.381. The second-order valence-corrected chi connectivity index (χ2v) is 3.18. The standard InChI is InChI=1S/C8H18.C2H4O2S/c1-3-5-7-8-6-4-2;1-2(3)4-5/h3-8H2,1-2H3;5H,1H3. The average Bonchev–Trinajstić information content (AvgIpc) is 2.14. The van der Waals surface area contributed by atoms with Crippen LogP contribution >= 0.6 is 12.9 Å². The Kier molecular flexibility index (Phi) is 16.9. The first-order valence-corrected chi connectivity index (χ1v) is 5.37. The monoisotopic (exact) mass is 206 g/mol. The van der Waals surface area contributed by atoms with Crippen molar-refractivity contribution in [1.82, 2.24) is 0 Å². The van der Waals surface area contributed by atoms with Gasteiger partial charge < -0.3 is 4.18 Å². The zero-order valence-corrected chi connectivity index (χ0v) is 9.90.